The zero-order valence-electron chi connectivity index (χ0n) is 32.9. The van der Waals surface area contributed by atoms with Crippen molar-refractivity contribution in [3.8, 4) is 0 Å². The molecule has 4 aliphatic rings. The number of carbonyl (C=O) groups excluding carboxylic acids is 7. The number of likely N-dealkylation sites (tertiary alicyclic amines) is 3. The zero-order valence-corrected chi connectivity index (χ0v) is 33.7. The van der Waals surface area contributed by atoms with Crippen LogP contribution in [0.1, 0.15) is 69.9 Å². The molecule has 3 aliphatic heterocycles. The number of nitrogens with one attached hydrogen (secondary N) is 4. The molecular formula is C41H52ClN7O9. The first kappa shape index (κ1) is 42.5. The Bertz CT molecular complexity index is 1950. The van der Waals surface area contributed by atoms with Gasteiger partial charge in [-0.25, -0.2) is 4.79 Å². The lowest BCUT2D eigenvalue weighted by Gasteiger charge is -2.39. The average Bonchev–Trinajstić information content (AvgIpc) is 3.44. The van der Waals surface area contributed by atoms with Crippen molar-refractivity contribution in [2.45, 2.75) is 120 Å². The molecule has 2 aromatic rings. The van der Waals surface area contributed by atoms with Gasteiger partial charge >= 0.3 is 6.03 Å². The van der Waals surface area contributed by atoms with Gasteiger partial charge in [0.2, 0.25) is 29.5 Å². The van der Waals surface area contributed by atoms with Crippen LogP contribution in [0, 0.1) is 6.92 Å². The van der Waals surface area contributed by atoms with Crippen molar-refractivity contribution in [2.24, 2.45) is 0 Å². The van der Waals surface area contributed by atoms with Gasteiger partial charge in [0.1, 0.15) is 35.7 Å². The normalized spacial score (nSPS) is 24.8. The van der Waals surface area contributed by atoms with Crippen LogP contribution in [0.3, 0.4) is 0 Å². The third kappa shape index (κ3) is 9.45. The quantitative estimate of drug-likeness (QED) is 0.182. The van der Waals surface area contributed by atoms with E-state index in [1.807, 2.05) is 19.1 Å². The van der Waals surface area contributed by atoms with Gasteiger partial charge < -0.3 is 46.2 Å². The number of nitrogens with zero attached hydrogens (tertiary/aromatic N) is 3. The van der Waals surface area contributed by atoms with Gasteiger partial charge in [0.05, 0.1) is 12.2 Å². The molecule has 0 unspecified atom stereocenters. The largest absolute Gasteiger partial charge is 0.391 e. The first-order valence-corrected chi connectivity index (χ1v) is 20.3. The molecule has 17 heteroatoms. The van der Waals surface area contributed by atoms with Crippen LogP contribution in [0.5, 0.6) is 0 Å². The van der Waals surface area contributed by atoms with Gasteiger partial charge in [0.25, 0.3) is 0 Å². The molecule has 1 aliphatic carbocycles. The number of ketones is 1. The smallest absolute Gasteiger partial charge is 0.319 e. The van der Waals surface area contributed by atoms with Crippen molar-refractivity contribution in [1.29, 1.82) is 0 Å². The molecular weight excluding hydrogens is 770 g/mol. The fourth-order valence-corrected chi connectivity index (χ4v) is 8.64. The molecule has 4 fully saturated rings. The van der Waals surface area contributed by atoms with E-state index in [0.29, 0.717) is 61.3 Å². The Kier molecular flexibility index (Phi) is 13.1. The number of carbonyl (C=O) groups is 7. The number of Topliss-reactive ketones (excluding diaryl/α,β-unsaturated/α-hetero) is 1. The number of urea groups is 1. The number of hydrogen-bond acceptors (Lipinski definition) is 9. The molecule has 3 saturated heterocycles. The summed E-state index contributed by atoms with van der Waals surface area (Å²) in [7, 11) is 0. The maximum absolute atomic E-state index is 14.3. The Hall–Kier alpha value is -5.06. The maximum Gasteiger partial charge on any atom is 0.319 e. The molecule has 7 amide bonds. The maximum atomic E-state index is 14.3. The van der Waals surface area contributed by atoms with E-state index in [4.69, 9.17) is 11.6 Å². The molecule has 2 aromatic carbocycles. The Morgan fingerprint density at radius 3 is 2.34 bits per heavy atom. The fourth-order valence-electron chi connectivity index (χ4n) is 8.45. The van der Waals surface area contributed by atoms with E-state index in [2.05, 4.69) is 21.3 Å². The van der Waals surface area contributed by atoms with Crippen molar-refractivity contribution in [2.75, 3.05) is 25.0 Å². The predicted molar refractivity (Wildman–Crippen MR) is 212 cm³/mol. The summed E-state index contributed by atoms with van der Waals surface area (Å²) in [6, 6.07) is 7.11. The number of benzene rings is 2. The van der Waals surface area contributed by atoms with Crippen molar-refractivity contribution < 1.29 is 43.8 Å². The lowest BCUT2D eigenvalue weighted by Crippen LogP contribution is -2.62. The van der Waals surface area contributed by atoms with Crippen molar-refractivity contribution >= 4 is 58.6 Å². The molecule has 6 N–H and O–H groups in total. The number of anilines is 1. The summed E-state index contributed by atoms with van der Waals surface area (Å²) in [6.45, 7) is 5.09. The van der Waals surface area contributed by atoms with Gasteiger partial charge in [0.15, 0.2) is 5.78 Å². The standard InChI is InChI=1S/C41H52ClN7O9/c1-23-9-6-10-26(17-23)18-30(45-40(58)44-28-12-7-11-27(42)19-28)35(53)46-34(25(3)50)39(57)48-22-29(51)20-32(48)38(56)47-15-5-4-13-31(47)36(54)43-24(2)37(55)49-16-8-14-41(49)21-33(41)52/h6-7,9-12,17,19,24-25,29-32,34,50-51H,4-5,8,13-16,18,20-22H2,1-3H3,(H,43,54)(H,46,53)(H2,44,45,58)/t24-,25-,29+,30-,31-,32-,34-,41-/m0/s1. The molecule has 6 rings (SSSR count). The minimum absolute atomic E-state index is 0.0206. The van der Waals surface area contributed by atoms with Gasteiger partial charge in [-0.3, -0.25) is 28.8 Å². The number of aryl methyl sites for hydroxylation is 1. The number of piperidine rings is 1. The minimum Gasteiger partial charge on any atom is -0.391 e. The third-order valence-electron chi connectivity index (χ3n) is 11.5. The van der Waals surface area contributed by atoms with E-state index >= 15 is 0 Å². The lowest BCUT2D eigenvalue weighted by atomic mass is 9.98. The van der Waals surface area contributed by atoms with E-state index in [1.54, 1.807) is 42.2 Å². The number of aliphatic hydroxyl groups excluding tert-OH is 2. The number of rotatable bonds is 12. The molecule has 1 saturated carbocycles. The monoisotopic (exact) mass is 821 g/mol. The van der Waals surface area contributed by atoms with Crippen molar-refractivity contribution in [3.05, 3.63) is 64.7 Å². The zero-order chi connectivity index (χ0) is 41.9. The number of hydrogen-bond donors (Lipinski definition) is 6. The molecule has 312 valence electrons. The molecule has 8 atom stereocenters. The second kappa shape index (κ2) is 17.8. The van der Waals surface area contributed by atoms with Gasteiger partial charge in [-0.05, 0) is 76.6 Å². The molecule has 0 bridgehead atoms. The van der Waals surface area contributed by atoms with Crippen LogP contribution in [0.15, 0.2) is 48.5 Å². The van der Waals surface area contributed by atoms with E-state index in [0.717, 1.165) is 10.5 Å². The number of halogens is 1. The van der Waals surface area contributed by atoms with Crippen LogP contribution in [-0.4, -0.2) is 134 Å². The number of β-amino-alcohol motifs (C(OH)–C–C–N with tert-alkyl or cyclic N) is 1. The third-order valence-corrected chi connectivity index (χ3v) is 11.8. The average molecular weight is 822 g/mol. The van der Waals surface area contributed by atoms with E-state index < -0.39 is 77.6 Å². The van der Waals surface area contributed by atoms with Crippen LogP contribution in [0.4, 0.5) is 10.5 Å². The molecule has 0 radical (unpaired) electrons. The predicted octanol–water partition coefficient (Wildman–Crippen LogP) is 1.43. The van der Waals surface area contributed by atoms with Crippen LogP contribution in [0.25, 0.3) is 0 Å². The summed E-state index contributed by atoms with van der Waals surface area (Å²) >= 11 is 6.07. The Balaban J connectivity index is 1.15. The lowest BCUT2D eigenvalue weighted by molar-refractivity contribution is -0.152. The number of aliphatic hydroxyl groups is 2. The van der Waals surface area contributed by atoms with E-state index in [-0.39, 0.29) is 37.6 Å². The van der Waals surface area contributed by atoms with Crippen molar-refractivity contribution in [3.63, 3.8) is 0 Å². The summed E-state index contributed by atoms with van der Waals surface area (Å²) in [5, 5.41) is 32.7. The first-order valence-electron chi connectivity index (χ1n) is 19.9. The van der Waals surface area contributed by atoms with Crippen LogP contribution in [0.2, 0.25) is 5.02 Å². The summed E-state index contributed by atoms with van der Waals surface area (Å²) in [5.41, 5.74) is 1.26. The highest BCUT2D eigenvalue weighted by Gasteiger charge is 2.62. The highest BCUT2D eigenvalue weighted by Crippen LogP contribution is 2.46. The molecule has 58 heavy (non-hydrogen) atoms. The Labute approximate surface area is 342 Å². The van der Waals surface area contributed by atoms with Crippen LogP contribution >= 0.6 is 11.6 Å². The van der Waals surface area contributed by atoms with Crippen molar-refractivity contribution in [1.82, 2.24) is 30.7 Å². The Morgan fingerprint density at radius 2 is 1.66 bits per heavy atom. The molecule has 3 heterocycles. The highest BCUT2D eigenvalue weighted by atomic mass is 35.5. The second-order valence-electron chi connectivity index (χ2n) is 16.0. The highest BCUT2D eigenvalue weighted by molar-refractivity contribution is 6.30. The second-order valence-corrected chi connectivity index (χ2v) is 16.4. The topological polar surface area (TPSA) is 218 Å². The minimum atomic E-state index is -1.58. The summed E-state index contributed by atoms with van der Waals surface area (Å²) in [5.74, 6) is -3.08. The van der Waals surface area contributed by atoms with Gasteiger partial charge in [0, 0.05) is 49.6 Å². The fraction of sp³-hybridized carbons (Fsp3) is 0.537. The van der Waals surface area contributed by atoms with E-state index in [1.165, 1.54) is 17.9 Å². The van der Waals surface area contributed by atoms with Gasteiger partial charge in [-0.1, -0.05) is 47.5 Å². The number of amides is 7. The summed E-state index contributed by atoms with van der Waals surface area (Å²) < 4.78 is 0. The Morgan fingerprint density at radius 1 is 0.914 bits per heavy atom. The van der Waals surface area contributed by atoms with Crippen LogP contribution < -0.4 is 21.3 Å². The molecule has 0 aromatic heterocycles. The van der Waals surface area contributed by atoms with E-state index in [9.17, 15) is 43.8 Å². The van der Waals surface area contributed by atoms with Crippen LogP contribution in [-0.2, 0) is 35.2 Å². The SMILES string of the molecule is Cc1cccc(C[C@H](NC(=O)Nc2cccc(Cl)c2)C(=O)N[C@H](C(=O)N2C[C@H](O)C[C@H]2C(=O)N2CCCC[C@H]2C(=O)N[C@@H](C)C(=O)N2CCC[C@@]23CC3=O)[C@H](C)O)c1. The summed E-state index contributed by atoms with van der Waals surface area (Å²) in [6.07, 6.45) is 0.472. The van der Waals surface area contributed by atoms with Gasteiger partial charge in [-0.15, -0.1) is 0 Å². The first-order chi connectivity index (χ1) is 27.6. The molecule has 16 nitrogen and oxygen atoms in total. The summed E-state index contributed by atoms with van der Waals surface area (Å²) in [4.78, 5) is 98.9. The van der Waals surface area contributed by atoms with Gasteiger partial charge in [-0.2, -0.15) is 0 Å². The molecule has 1 spiro atoms.